The van der Waals surface area contributed by atoms with Gasteiger partial charge in [0, 0.05) is 18.7 Å². The van der Waals surface area contributed by atoms with Gasteiger partial charge in [-0.15, -0.1) is 0 Å². The highest BCUT2D eigenvalue weighted by Gasteiger charge is 2.09. The monoisotopic (exact) mass is 611 g/mol. The van der Waals surface area contributed by atoms with Gasteiger partial charge in [-0.05, 0) is 39.0 Å². The first kappa shape index (κ1) is 41.6. The Morgan fingerprint density at radius 2 is 0.571 bits per heavy atom. The summed E-state index contributed by atoms with van der Waals surface area (Å²) in [5, 5.41) is 3.37. The molecule has 11 nitrogen and oxygen atoms in total. The summed E-state index contributed by atoms with van der Waals surface area (Å²) >= 11 is 0. The summed E-state index contributed by atoms with van der Waals surface area (Å²) in [7, 11) is 0. The van der Waals surface area contributed by atoms with Gasteiger partial charge in [0.15, 0.2) is 0 Å². The molecule has 0 saturated heterocycles. The molecule has 0 aromatic carbocycles. The van der Waals surface area contributed by atoms with Crippen LogP contribution in [0, 0.1) is 5.41 Å². The molecule has 0 fully saturated rings. The van der Waals surface area contributed by atoms with Crippen LogP contribution in [0.2, 0.25) is 0 Å². The molecule has 0 aliphatic carbocycles. The van der Waals surface area contributed by atoms with E-state index in [0.717, 1.165) is 19.6 Å². The largest absolute Gasteiger partial charge is 0.379 e. The van der Waals surface area contributed by atoms with Crippen molar-refractivity contribution >= 4 is 0 Å². The first-order valence-electron chi connectivity index (χ1n) is 15.7. The maximum atomic E-state index is 5.57. The van der Waals surface area contributed by atoms with Gasteiger partial charge in [-0.2, -0.15) is 0 Å². The molecule has 0 radical (unpaired) electrons. The van der Waals surface area contributed by atoms with E-state index in [1.54, 1.807) is 0 Å². The van der Waals surface area contributed by atoms with Crippen molar-refractivity contribution in [1.82, 2.24) is 5.32 Å². The molecule has 0 heterocycles. The molecule has 1 N–H and O–H groups in total. The summed E-state index contributed by atoms with van der Waals surface area (Å²) in [5.41, 5.74) is 0.491. The molecule has 0 bridgehead atoms. The van der Waals surface area contributed by atoms with Crippen molar-refractivity contribution in [2.24, 2.45) is 5.41 Å². The molecule has 0 amide bonds. The van der Waals surface area contributed by atoms with Crippen LogP contribution in [0.3, 0.4) is 0 Å². The van der Waals surface area contributed by atoms with Crippen molar-refractivity contribution in [1.29, 1.82) is 0 Å². The average molecular weight is 612 g/mol. The summed E-state index contributed by atoms with van der Waals surface area (Å²) in [6.07, 6.45) is 2.26. The van der Waals surface area contributed by atoms with E-state index in [1.807, 2.05) is 0 Å². The molecule has 0 rings (SSSR count). The first-order valence-corrected chi connectivity index (χ1v) is 15.7. The van der Waals surface area contributed by atoms with Gasteiger partial charge in [-0.1, -0.05) is 20.8 Å². The molecule has 11 heteroatoms. The Bertz CT molecular complexity index is 483. The summed E-state index contributed by atoms with van der Waals surface area (Å²) in [6.45, 7) is 25.4. The van der Waals surface area contributed by atoms with Gasteiger partial charge in [0.1, 0.15) is 0 Å². The van der Waals surface area contributed by atoms with Crippen molar-refractivity contribution in [2.45, 2.75) is 59.9 Å². The van der Waals surface area contributed by atoms with Crippen molar-refractivity contribution < 1.29 is 47.4 Å². The third-order valence-electron chi connectivity index (χ3n) is 5.47. The molecule has 0 unspecified atom stereocenters. The van der Waals surface area contributed by atoms with E-state index >= 15 is 0 Å². The summed E-state index contributed by atoms with van der Waals surface area (Å²) < 4.78 is 55.0. The molecule has 42 heavy (non-hydrogen) atoms. The van der Waals surface area contributed by atoms with Gasteiger partial charge in [-0.25, -0.2) is 0 Å². The fourth-order valence-corrected chi connectivity index (χ4v) is 3.28. The Hall–Kier alpha value is -0.440. The second kappa shape index (κ2) is 30.6. The normalized spacial score (nSPS) is 12.4. The van der Waals surface area contributed by atoms with Gasteiger partial charge in [-0.3, -0.25) is 0 Å². The SMILES string of the molecule is CC(C)(C)CCCOCCOCCOCCOCCOCCOCCOCCOCCOCCOCCNC(C)(C)C. The minimum absolute atomic E-state index is 0.121. The maximum Gasteiger partial charge on any atom is 0.0701 e. The topological polar surface area (TPSA) is 104 Å². The fraction of sp³-hybridized carbons (Fsp3) is 1.00. The van der Waals surface area contributed by atoms with Crippen LogP contribution in [-0.4, -0.2) is 144 Å². The summed E-state index contributed by atoms with van der Waals surface area (Å²) in [5.74, 6) is 0. The second-order valence-corrected chi connectivity index (χ2v) is 12.0. The van der Waals surface area contributed by atoms with E-state index in [9.17, 15) is 0 Å². The smallest absolute Gasteiger partial charge is 0.0701 e. The first-order chi connectivity index (χ1) is 20.2. The third kappa shape index (κ3) is 39.6. The standard InChI is InChI=1S/C31H65NO10/c1-30(2,3)8-7-10-33-12-14-35-16-18-37-20-22-39-24-26-41-28-29-42-27-25-40-23-21-38-19-17-36-15-13-34-11-9-32-31(4,5)6/h32H,7-29H2,1-6H3. The van der Waals surface area contributed by atoms with Crippen LogP contribution in [-0.2, 0) is 47.4 Å². The van der Waals surface area contributed by atoms with Crippen LogP contribution in [0.15, 0.2) is 0 Å². The Balaban J connectivity index is 3.07. The predicted molar refractivity (Wildman–Crippen MR) is 165 cm³/mol. The Labute approximate surface area is 256 Å². The van der Waals surface area contributed by atoms with Crippen molar-refractivity contribution in [2.75, 3.05) is 139 Å². The highest BCUT2D eigenvalue weighted by atomic mass is 16.6. The molecule has 0 aliphatic rings. The average Bonchev–Trinajstić information content (AvgIpc) is 2.92. The molecule has 0 aromatic rings. The van der Waals surface area contributed by atoms with Gasteiger partial charge < -0.3 is 52.7 Å². The van der Waals surface area contributed by atoms with Crippen LogP contribution < -0.4 is 5.32 Å². The molecule has 0 aromatic heterocycles. The number of ether oxygens (including phenoxy) is 10. The van der Waals surface area contributed by atoms with E-state index in [4.69, 9.17) is 47.4 Å². The van der Waals surface area contributed by atoms with Crippen LogP contribution in [0.4, 0.5) is 0 Å². The zero-order valence-electron chi connectivity index (χ0n) is 27.8. The lowest BCUT2D eigenvalue weighted by Crippen LogP contribution is -2.38. The van der Waals surface area contributed by atoms with E-state index in [-0.39, 0.29) is 5.54 Å². The highest BCUT2D eigenvalue weighted by Crippen LogP contribution is 2.20. The lowest BCUT2D eigenvalue weighted by Gasteiger charge is -2.20. The number of hydrogen-bond donors (Lipinski definition) is 1. The number of hydrogen-bond acceptors (Lipinski definition) is 11. The second-order valence-electron chi connectivity index (χ2n) is 12.0. The lowest BCUT2D eigenvalue weighted by molar-refractivity contribution is -0.0264. The summed E-state index contributed by atoms with van der Waals surface area (Å²) in [4.78, 5) is 0. The van der Waals surface area contributed by atoms with Gasteiger partial charge in [0.05, 0.1) is 126 Å². The quantitative estimate of drug-likeness (QED) is 0.111. The van der Waals surface area contributed by atoms with Crippen LogP contribution in [0.1, 0.15) is 54.4 Å². The van der Waals surface area contributed by atoms with E-state index in [2.05, 4.69) is 46.9 Å². The minimum Gasteiger partial charge on any atom is -0.379 e. The zero-order chi connectivity index (χ0) is 31.0. The van der Waals surface area contributed by atoms with Crippen molar-refractivity contribution in [3.63, 3.8) is 0 Å². The Morgan fingerprint density at radius 3 is 0.810 bits per heavy atom. The Morgan fingerprint density at radius 1 is 0.333 bits per heavy atom. The minimum atomic E-state index is 0.121. The lowest BCUT2D eigenvalue weighted by atomic mass is 9.91. The van der Waals surface area contributed by atoms with Gasteiger partial charge in [0.2, 0.25) is 0 Å². The zero-order valence-corrected chi connectivity index (χ0v) is 27.8. The maximum absolute atomic E-state index is 5.57. The van der Waals surface area contributed by atoms with E-state index in [1.165, 1.54) is 6.42 Å². The van der Waals surface area contributed by atoms with E-state index < -0.39 is 0 Å². The van der Waals surface area contributed by atoms with Crippen LogP contribution in [0.5, 0.6) is 0 Å². The molecule has 0 atom stereocenters. The highest BCUT2D eigenvalue weighted by molar-refractivity contribution is 4.69. The number of nitrogens with one attached hydrogen (secondary N) is 1. The molecule has 0 aliphatic heterocycles. The molecule has 254 valence electrons. The molecule has 0 spiro atoms. The predicted octanol–water partition coefficient (Wildman–Crippen LogP) is 3.37. The van der Waals surface area contributed by atoms with E-state index in [0.29, 0.717) is 131 Å². The molecular weight excluding hydrogens is 546 g/mol. The summed E-state index contributed by atoms with van der Waals surface area (Å²) in [6, 6.07) is 0. The van der Waals surface area contributed by atoms with Gasteiger partial charge in [0.25, 0.3) is 0 Å². The number of rotatable bonds is 33. The van der Waals surface area contributed by atoms with Gasteiger partial charge >= 0.3 is 0 Å². The van der Waals surface area contributed by atoms with Crippen molar-refractivity contribution in [3.8, 4) is 0 Å². The van der Waals surface area contributed by atoms with Crippen molar-refractivity contribution in [3.05, 3.63) is 0 Å². The van der Waals surface area contributed by atoms with Crippen LogP contribution in [0.25, 0.3) is 0 Å². The Kier molecular flexibility index (Phi) is 30.3. The molecule has 0 saturated carbocycles. The molecular formula is C31H65NO10. The third-order valence-corrected chi connectivity index (χ3v) is 5.47. The van der Waals surface area contributed by atoms with Crippen LogP contribution >= 0.6 is 0 Å². The fourth-order valence-electron chi connectivity index (χ4n) is 3.28.